The normalized spacial score (nSPS) is 13.8. The van der Waals surface area contributed by atoms with Crippen LogP contribution in [-0.2, 0) is 11.2 Å². The van der Waals surface area contributed by atoms with E-state index >= 15 is 0 Å². The first-order chi connectivity index (χ1) is 12.8. The van der Waals surface area contributed by atoms with Gasteiger partial charge in [0.1, 0.15) is 5.75 Å². The van der Waals surface area contributed by atoms with Crippen molar-refractivity contribution < 1.29 is 31.9 Å². The minimum atomic E-state index is -4.76. The largest absolute Gasteiger partial charge is 0.573 e. The number of hydrogen-bond donors (Lipinski definition) is 1. The number of nitrogens with zero attached hydrogens (tertiary/aromatic N) is 1. The molecule has 144 valence electrons. The average molecular weight is 382 g/mol. The van der Waals surface area contributed by atoms with Gasteiger partial charge in [-0.05, 0) is 48.7 Å². The number of benzene rings is 1. The molecule has 2 amide bonds. The molecular weight excluding hydrogens is 365 g/mol. The molecule has 1 N–H and O–H groups in total. The first-order valence-corrected chi connectivity index (χ1v) is 8.34. The molecule has 1 aromatic carbocycles. The highest BCUT2D eigenvalue weighted by molar-refractivity contribution is 5.96. The number of fused-ring (bicyclic) bond motifs is 1. The third-order valence-corrected chi connectivity index (χ3v) is 4.07. The van der Waals surface area contributed by atoms with Gasteiger partial charge in [-0.15, -0.1) is 13.2 Å². The van der Waals surface area contributed by atoms with Gasteiger partial charge in [-0.3, -0.25) is 9.59 Å². The van der Waals surface area contributed by atoms with Crippen molar-refractivity contribution in [2.45, 2.75) is 25.6 Å². The molecule has 1 aliphatic heterocycles. The fourth-order valence-corrected chi connectivity index (χ4v) is 2.94. The second-order valence-electron chi connectivity index (χ2n) is 5.97. The van der Waals surface area contributed by atoms with Crippen LogP contribution in [0.2, 0.25) is 0 Å². The van der Waals surface area contributed by atoms with Gasteiger partial charge in [0.2, 0.25) is 5.91 Å². The van der Waals surface area contributed by atoms with E-state index in [4.69, 9.17) is 4.42 Å². The average Bonchev–Trinajstić information content (AvgIpc) is 3.14. The second kappa shape index (κ2) is 7.73. The van der Waals surface area contributed by atoms with Crippen molar-refractivity contribution in [3.05, 3.63) is 47.9 Å². The lowest BCUT2D eigenvalue weighted by Gasteiger charge is -2.30. The van der Waals surface area contributed by atoms with Crippen molar-refractivity contribution >= 4 is 17.5 Å². The quantitative estimate of drug-likeness (QED) is 0.862. The molecule has 0 aliphatic carbocycles. The number of aryl methyl sites for hydroxylation is 1. The molecule has 2 heterocycles. The Bertz CT molecular complexity index is 819. The maximum absolute atomic E-state index is 12.5. The molecule has 0 bridgehead atoms. The molecule has 1 aliphatic rings. The van der Waals surface area contributed by atoms with Crippen molar-refractivity contribution in [2.24, 2.45) is 0 Å². The first kappa shape index (κ1) is 18.8. The van der Waals surface area contributed by atoms with Gasteiger partial charge in [0.05, 0.1) is 6.26 Å². The van der Waals surface area contributed by atoms with E-state index in [2.05, 4.69) is 10.1 Å². The molecule has 27 heavy (non-hydrogen) atoms. The van der Waals surface area contributed by atoms with Gasteiger partial charge >= 0.3 is 6.36 Å². The van der Waals surface area contributed by atoms with Crippen LogP contribution < -0.4 is 15.0 Å². The van der Waals surface area contributed by atoms with Crippen LogP contribution in [0.25, 0.3) is 0 Å². The fraction of sp³-hybridized carbons (Fsp3) is 0.333. The number of alkyl halides is 3. The lowest BCUT2D eigenvalue weighted by Crippen LogP contribution is -2.37. The van der Waals surface area contributed by atoms with Crippen LogP contribution in [0, 0.1) is 0 Å². The summed E-state index contributed by atoms with van der Waals surface area (Å²) < 4.78 is 46.0. The van der Waals surface area contributed by atoms with Gasteiger partial charge in [0.25, 0.3) is 5.91 Å². The summed E-state index contributed by atoms with van der Waals surface area (Å²) in [6.45, 7) is 0.594. The second-order valence-corrected chi connectivity index (χ2v) is 5.97. The molecule has 0 saturated carbocycles. The maximum atomic E-state index is 12.5. The number of ether oxygens (including phenoxy) is 1. The van der Waals surface area contributed by atoms with Gasteiger partial charge < -0.3 is 19.4 Å². The zero-order valence-electron chi connectivity index (χ0n) is 14.2. The Labute approximate surface area is 152 Å². The highest BCUT2D eigenvalue weighted by atomic mass is 19.4. The number of anilines is 1. The number of carbonyl (C=O) groups excluding carboxylic acids is 2. The van der Waals surface area contributed by atoms with Crippen LogP contribution in [0.1, 0.15) is 29.0 Å². The van der Waals surface area contributed by atoms with Gasteiger partial charge in [-0.25, -0.2) is 0 Å². The van der Waals surface area contributed by atoms with Crippen molar-refractivity contribution in [1.82, 2.24) is 5.32 Å². The number of amides is 2. The molecule has 0 saturated heterocycles. The Balaban J connectivity index is 1.61. The lowest BCUT2D eigenvalue weighted by atomic mass is 10.0. The predicted molar refractivity (Wildman–Crippen MR) is 89.5 cm³/mol. The van der Waals surface area contributed by atoms with Crippen LogP contribution >= 0.6 is 0 Å². The molecule has 9 heteroatoms. The van der Waals surface area contributed by atoms with Crippen LogP contribution in [0.15, 0.2) is 41.0 Å². The Kier molecular flexibility index (Phi) is 5.38. The first-order valence-electron chi connectivity index (χ1n) is 8.34. The zero-order chi connectivity index (χ0) is 19.4. The molecule has 0 radical (unpaired) electrons. The topological polar surface area (TPSA) is 71.8 Å². The molecule has 0 unspecified atom stereocenters. The Morgan fingerprint density at radius 1 is 1.26 bits per heavy atom. The van der Waals surface area contributed by atoms with Crippen LogP contribution in [-0.4, -0.2) is 31.3 Å². The van der Waals surface area contributed by atoms with Crippen molar-refractivity contribution in [3.63, 3.8) is 0 Å². The Morgan fingerprint density at radius 2 is 2.07 bits per heavy atom. The number of hydrogen-bond acceptors (Lipinski definition) is 4. The van der Waals surface area contributed by atoms with E-state index in [0.717, 1.165) is 0 Å². The SMILES string of the molecule is O=C(NCCC(=O)N1CCCc2cc(OC(F)(F)F)ccc21)c1ccco1. The highest BCUT2D eigenvalue weighted by Crippen LogP contribution is 2.33. The summed E-state index contributed by atoms with van der Waals surface area (Å²) in [7, 11) is 0. The molecule has 3 rings (SSSR count). The molecule has 6 nitrogen and oxygen atoms in total. The highest BCUT2D eigenvalue weighted by Gasteiger charge is 2.32. The van der Waals surface area contributed by atoms with E-state index in [9.17, 15) is 22.8 Å². The zero-order valence-corrected chi connectivity index (χ0v) is 14.2. The van der Waals surface area contributed by atoms with E-state index in [-0.39, 0.29) is 30.4 Å². The smallest absolute Gasteiger partial charge is 0.459 e. The third kappa shape index (κ3) is 4.81. The molecule has 2 aromatic rings. The summed E-state index contributed by atoms with van der Waals surface area (Å²) >= 11 is 0. The van der Waals surface area contributed by atoms with Crippen molar-refractivity contribution in [2.75, 3.05) is 18.0 Å². The number of furan rings is 1. The molecule has 0 spiro atoms. The summed E-state index contributed by atoms with van der Waals surface area (Å²) in [5.74, 6) is -0.787. The predicted octanol–water partition coefficient (Wildman–Crippen LogP) is 3.28. The summed E-state index contributed by atoms with van der Waals surface area (Å²) in [5, 5.41) is 2.59. The summed E-state index contributed by atoms with van der Waals surface area (Å²) in [5.41, 5.74) is 1.19. The van der Waals surface area contributed by atoms with E-state index in [1.54, 1.807) is 6.07 Å². The molecular formula is C18H17F3N2O4. The minimum Gasteiger partial charge on any atom is -0.459 e. The number of carbonyl (C=O) groups is 2. The number of nitrogens with one attached hydrogen (secondary N) is 1. The van der Waals surface area contributed by atoms with Crippen molar-refractivity contribution in [1.29, 1.82) is 0 Å². The van der Waals surface area contributed by atoms with E-state index in [0.29, 0.717) is 30.6 Å². The Morgan fingerprint density at radius 3 is 2.78 bits per heavy atom. The monoisotopic (exact) mass is 382 g/mol. The van der Waals surface area contributed by atoms with Crippen LogP contribution in [0.5, 0.6) is 5.75 Å². The summed E-state index contributed by atoms with van der Waals surface area (Å²) in [4.78, 5) is 25.8. The molecule has 0 fully saturated rings. The third-order valence-electron chi connectivity index (χ3n) is 4.07. The van der Waals surface area contributed by atoms with Gasteiger partial charge in [0.15, 0.2) is 5.76 Å². The number of halogens is 3. The fourth-order valence-electron chi connectivity index (χ4n) is 2.94. The van der Waals surface area contributed by atoms with Crippen LogP contribution in [0.4, 0.5) is 18.9 Å². The maximum Gasteiger partial charge on any atom is 0.573 e. The van der Waals surface area contributed by atoms with E-state index < -0.39 is 12.3 Å². The van der Waals surface area contributed by atoms with Gasteiger partial charge in [0, 0.05) is 25.2 Å². The van der Waals surface area contributed by atoms with E-state index in [1.807, 2.05) is 0 Å². The summed E-state index contributed by atoms with van der Waals surface area (Å²) in [6.07, 6.45) is -2.13. The lowest BCUT2D eigenvalue weighted by molar-refractivity contribution is -0.274. The summed E-state index contributed by atoms with van der Waals surface area (Å²) in [6, 6.07) is 7.05. The minimum absolute atomic E-state index is 0.0622. The van der Waals surface area contributed by atoms with Gasteiger partial charge in [-0.1, -0.05) is 0 Å². The van der Waals surface area contributed by atoms with Gasteiger partial charge in [-0.2, -0.15) is 0 Å². The van der Waals surface area contributed by atoms with Crippen LogP contribution in [0.3, 0.4) is 0 Å². The Hall–Kier alpha value is -2.97. The standard InChI is InChI=1S/C18H17F3N2O4/c19-18(20,21)27-13-5-6-14-12(11-13)3-1-9-23(14)16(24)7-8-22-17(25)15-4-2-10-26-15/h2,4-6,10-11H,1,3,7-9H2,(H,22,25). The molecule has 0 atom stereocenters. The van der Waals surface area contributed by atoms with Crippen molar-refractivity contribution in [3.8, 4) is 5.75 Å². The number of rotatable bonds is 5. The van der Waals surface area contributed by atoms with E-state index in [1.165, 1.54) is 35.4 Å². The molecule has 1 aromatic heterocycles.